The number of anilines is 1. The number of hydrogen-bond donors (Lipinski definition) is 1. The van der Waals surface area contributed by atoms with E-state index in [2.05, 4.69) is 10.5 Å². The van der Waals surface area contributed by atoms with Gasteiger partial charge in [0.1, 0.15) is 12.4 Å². The fourth-order valence-electron chi connectivity index (χ4n) is 2.66. The summed E-state index contributed by atoms with van der Waals surface area (Å²) in [6.07, 6.45) is 0. The number of imide groups is 1. The molecule has 0 fully saturated rings. The van der Waals surface area contributed by atoms with E-state index < -0.39 is 23.0 Å². The third-order valence-corrected chi connectivity index (χ3v) is 5.27. The van der Waals surface area contributed by atoms with E-state index in [-0.39, 0.29) is 24.8 Å². The molecule has 0 unspecified atom stereocenters. The monoisotopic (exact) mass is 417 g/mol. The van der Waals surface area contributed by atoms with Gasteiger partial charge in [-0.2, -0.15) is 0 Å². The molecule has 29 heavy (non-hydrogen) atoms. The Bertz CT molecular complexity index is 922. The van der Waals surface area contributed by atoms with E-state index in [1.165, 1.54) is 0 Å². The van der Waals surface area contributed by atoms with Crippen molar-refractivity contribution in [1.82, 2.24) is 10.1 Å². The maximum Gasteiger partial charge on any atom is 0.315 e. The highest BCUT2D eigenvalue weighted by Gasteiger charge is 2.34. The van der Waals surface area contributed by atoms with Gasteiger partial charge < -0.3 is 14.6 Å². The second-order valence-electron chi connectivity index (χ2n) is 6.29. The first kappa shape index (κ1) is 20.6. The quantitative estimate of drug-likeness (QED) is 0.511. The van der Waals surface area contributed by atoms with E-state index in [0.29, 0.717) is 22.7 Å². The number of nitrogens with zero attached hydrogens (tertiary/aromatic N) is 2. The highest BCUT2D eigenvalue weighted by molar-refractivity contribution is 8.01. The number of carbonyl (C=O) groups excluding carboxylic acids is 4. The summed E-state index contributed by atoms with van der Waals surface area (Å²) in [5.41, 5.74) is 0.697. The second-order valence-corrected chi connectivity index (χ2v) is 7.62. The Morgan fingerprint density at radius 3 is 2.48 bits per heavy atom. The van der Waals surface area contributed by atoms with Crippen molar-refractivity contribution in [2.24, 2.45) is 0 Å². The summed E-state index contributed by atoms with van der Waals surface area (Å²) < 4.78 is 9.95. The maximum absolute atomic E-state index is 12.2. The minimum atomic E-state index is -0.538. The summed E-state index contributed by atoms with van der Waals surface area (Å²) >= 11 is 1.10. The molecule has 1 aliphatic heterocycles. The van der Waals surface area contributed by atoms with Gasteiger partial charge in [0.05, 0.1) is 28.7 Å². The Labute approximate surface area is 170 Å². The molecule has 0 saturated heterocycles. The van der Waals surface area contributed by atoms with Gasteiger partial charge in [-0.25, -0.2) is 0 Å². The van der Waals surface area contributed by atoms with Gasteiger partial charge in [0.15, 0.2) is 5.82 Å². The number of benzene rings is 1. The third kappa shape index (κ3) is 4.83. The van der Waals surface area contributed by atoms with Crippen molar-refractivity contribution >= 4 is 41.3 Å². The Balaban J connectivity index is 1.39. The number of aromatic nitrogens is 1. The lowest BCUT2D eigenvalue weighted by molar-refractivity contribution is -0.140. The van der Waals surface area contributed by atoms with Crippen LogP contribution in [0.2, 0.25) is 0 Å². The number of hydrogen-bond acceptors (Lipinski definition) is 8. The van der Waals surface area contributed by atoms with Crippen LogP contribution in [0.25, 0.3) is 0 Å². The lowest BCUT2D eigenvalue weighted by Gasteiger charge is -2.14. The van der Waals surface area contributed by atoms with E-state index in [1.807, 2.05) is 0 Å². The van der Waals surface area contributed by atoms with Gasteiger partial charge in [-0.15, -0.1) is 11.8 Å². The number of thioether (sulfide) groups is 1. The number of aryl methyl sites for hydroxylation is 1. The van der Waals surface area contributed by atoms with Crippen LogP contribution in [0.4, 0.5) is 5.82 Å². The van der Waals surface area contributed by atoms with E-state index in [9.17, 15) is 19.2 Å². The molecule has 0 bridgehead atoms. The molecule has 0 spiro atoms. The summed E-state index contributed by atoms with van der Waals surface area (Å²) in [7, 11) is 0. The van der Waals surface area contributed by atoms with Crippen LogP contribution in [0.1, 0.15) is 33.4 Å². The minimum Gasteiger partial charge on any atom is -0.463 e. The van der Waals surface area contributed by atoms with Crippen molar-refractivity contribution in [1.29, 1.82) is 0 Å². The standard InChI is InChI=1S/C19H19N3O6S/c1-11-9-15(21-28-11)20-17(24)12(2)29-10-16(23)27-8-7-22-18(25)13-5-3-4-6-14(13)19(22)26/h3-6,9,12H,7-8,10H2,1-2H3,(H,20,21,24)/t12-/m1/s1. The molecule has 1 aromatic heterocycles. The Hall–Kier alpha value is -3.14. The molecule has 10 heteroatoms. The fraction of sp³-hybridized carbons (Fsp3) is 0.316. The van der Waals surface area contributed by atoms with Crippen molar-refractivity contribution in [2.45, 2.75) is 19.1 Å². The number of carbonyl (C=O) groups is 4. The number of nitrogens with one attached hydrogen (secondary N) is 1. The summed E-state index contributed by atoms with van der Waals surface area (Å²) in [6.45, 7) is 3.23. The maximum atomic E-state index is 12.2. The largest absolute Gasteiger partial charge is 0.463 e. The molecule has 3 amide bonds. The zero-order valence-electron chi connectivity index (χ0n) is 15.8. The predicted octanol–water partition coefficient (Wildman–Crippen LogP) is 1.88. The molecule has 0 saturated carbocycles. The molecular formula is C19H19N3O6S. The first-order valence-corrected chi connectivity index (χ1v) is 9.88. The lowest BCUT2D eigenvalue weighted by atomic mass is 10.1. The molecule has 1 aromatic carbocycles. The molecule has 1 atom stereocenters. The lowest BCUT2D eigenvalue weighted by Crippen LogP contribution is -2.33. The Kier molecular flexibility index (Phi) is 6.32. The van der Waals surface area contributed by atoms with Gasteiger partial charge in [0, 0.05) is 6.07 Å². The highest BCUT2D eigenvalue weighted by Crippen LogP contribution is 2.22. The smallest absolute Gasteiger partial charge is 0.315 e. The van der Waals surface area contributed by atoms with Crippen molar-refractivity contribution < 1.29 is 28.4 Å². The molecule has 3 rings (SSSR count). The van der Waals surface area contributed by atoms with Gasteiger partial charge >= 0.3 is 5.97 Å². The molecule has 1 N–H and O–H groups in total. The van der Waals surface area contributed by atoms with E-state index in [4.69, 9.17) is 9.26 Å². The van der Waals surface area contributed by atoms with Crippen molar-refractivity contribution in [3.8, 4) is 0 Å². The minimum absolute atomic E-state index is 0.0235. The average molecular weight is 417 g/mol. The van der Waals surface area contributed by atoms with Crippen molar-refractivity contribution in [3.63, 3.8) is 0 Å². The molecule has 9 nitrogen and oxygen atoms in total. The van der Waals surface area contributed by atoms with Gasteiger partial charge in [-0.1, -0.05) is 17.3 Å². The van der Waals surface area contributed by atoms with Gasteiger partial charge in [0.2, 0.25) is 5.91 Å². The zero-order chi connectivity index (χ0) is 21.0. The molecule has 2 aromatic rings. The molecule has 0 aliphatic carbocycles. The van der Waals surface area contributed by atoms with Crippen molar-refractivity contribution in [3.05, 3.63) is 47.2 Å². The summed E-state index contributed by atoms with van der Waals surface area (Å²) in [5, 5.41) is 5.74. The van der Waals surface area contributed by atoms with Gasteiger partial charge in [-0.3, -0.25) is 24.1 Å². The normalized spacial score (nSPS) is 13.9. The number of rotatable bonds is 8. The second kappa shape index (κ2) is 8.91. The van der Waals surface area contributed by atoms with E-state index in [1.54, 1.807) is 44.2 Å². The first-order chi connectivity index (χ1) is 13.9. The van der Waals surface area contributed by atoms with Crippen LogP contribution in [0.3, 0.4) is 0 Å². The molecular weight excluding hydrogens is 398 g/mol. The SMILES string of the molecule is Cc1cc(NC(=O)[C@@H](C)SCC(=O)OCCN2C(=O)c3ccccc3C2=O)no1. The van der Waals surface area contributed by atoms with E-state index >= 15 is 0 Å². The fourth-order valence-corrected chi connectivity index (χ4v) is 3.34. The third-order valence-electron chi connectivity index (χ3n) is 4.16. The molecule has 152 valence electrons. The topological polar surface area (TPSA) is 119 Å². The summed E-state index contributed by atoms with van der Waals surface area (Å²) in [5.74, 6) is -0.820. The van der Waals surface area contributed by atoms with E-state index in [0.717, 1.165) is 16.7 Å². The number of amides is 3. The highest BCUT2D eigenvalue weighted by atomic mass is 32.2. The Morgan fingerprint density at radius 2 is 1.90 bits per heavy atom. The van der Waals surface area contributed by atoms with Crippen LogP contribution in [0.5, 0.6) is 0 Å². The number of fused-ring (bicyclic) bond motifs is 1. The van der Waals surface area contributed by atoms with Crippen LogP contribution < -0.4 is 5.32 Å². The molecule has 1 aliphatic rings. The van der Waals surface area contributed by atoms with Crippen molar-refractivity contribution in [2.75, 3.05) is 24.2 Å². The number of ether oxygens (including phenoxy) is 1. The zero-order valence-corrected chi connectivity index (χ0v) is 16.7. The van der Waals surface area contributed by atoms with Crippen LogP contribution in [-0.2, 0) is 14.3 Å². The summed E-state index contributed by atoms with van der Waals surface area (Å²) in [4.78, 5) is 49.5. The van der Waals surface area contributed by atoms with Gasteiger partial charge in [-0.05, 0) is 26.0 Å². The van der Waals surface area contributed by atoms with Crippen LogP contribution in [0, 0.1) is 6.92 Å². The number of esters is 1. The molecule has 0 radical (unpaired) electrons. The van der Waals surface area contributed by atoms with Crippen LogP contribution >= 0.6 is 11.8 Å². The average Bonchev–Trinajstić information content (AvgIpc) is 3.22. The predicted molar refractivity (Wildman–Crippen MR) is 105 cm³/mol. The van der Waals surface area contributed by atoms with Crippen LogP contribution in [-0.4, -0.2) is 57.9 Å². The molecule has 2 heterocycles. The Morgan fingerprint density at radius 1 is 1.24 bits per heavy atom. The van der Waals surface area contributed by atoms with Crippen LogP contribution in [0.15, 0.2) is 34.9 Å². The first-order valence-electron chi connectivity index (χ1n) is 8.83. The van der Waals surface area contributed by atoms with Gasteiger partial charge in [0.25, 0.3) is 11.8 Å². The summed E-state index contributed by atoms with van der Waals surface area (Å²) in [6, 6.07) is 8.14.